The molecule has 16 heteroatoms. The number of benzene rings is 1. The first-order valence-electron chi connectivity index (χ1n) is 20.6. The quantitative estimate of drug-likeness (QED) is 0.0416. The molecule has 2 unspecified atom stereocenters. The molecule has 1 aliphatic heterocycles. The normalized spacial score (nSPS) is 24.3. The van der Waals surface area contributed by atoms with Crippen LogP contribution in [-0.4, -0.2) is 79.5 Å². The number of aliphatic hydroxyl groups is 2. The van der Waals surface area contributed by atoms with Gasteiger partial charge < -0.3 is 39.6 Å². The lowest BCUT2D eigenvalue weighted by atomic mass is 9.91. The number of hydrogen-bond acceptors (Lipinski definition) is 12. The highest BCUT2D eigenvalue weighted by Gasteiger charge is 2.81. The Kier molecular flexibility index (Phi) is 17.2. The van der Waals surface area contributed by atoms with Gasteiger partial charge in [0.25, 0.3) is 0 Å². The third kappa shape index (κ3) is 12.2. The van der Waals surface area contributed by atoms with Gasteiger partial charge in [-0.1, -0.05) is 103 Å². The number of anilines is 1. The van der Waals surface area contributed by atoms with Crippen molar-refractivity contribution in [1.29, 1.82) is 5.26 Å². The van der Waals surface area contributed by atoms with E-state index in [1.54, 1.807) is 19.1 Å². The topological polar surface area (TPSA) is 187 Å². The highest BCUT2D eigenvalue weighted by molar-refractivity contribution is 8.07. The molecule has 7 atom stereocenters. The summed E-state index contributed by atoms with van der Waals surface area (Å²) < 4.78 is 45.0. The minimum absolute atomic E-state index is 0.0495. The average Bonchev–Trinajstić information content (AvgIpc) is 3.43. The molecule has 5 rings (SSSR count). The van der Waals surface area contributed by atoms with Crippen LogP contribution >= 0.6 is 6.72 Å². The summed E-state index contributed by atoms with van der Waals surface area (Å²) in [4.78, 5) is 15.0. The monoisotopic (exact) mass is 833 g/mol. The molecule has 0 radical (unpaired) electrons. The van der Waals surface area contributed by atoms with Crippen LogP contribution in [0.15, 0.2) is 36.7 Å². The molecule has 1 saturated heterocycles. The highest BCUT2D eigenvalue weighted by atomic mass is 32.5. The fourth-order valence-corrected chi connectivity index (χ4v) is 9.15. The summed E-state index contributed by atoms with van der Waals surface area (Å²) in [6.07, 6.45) is 17.3. The lowest BCUT2D eigenvalue weighted by Crippen LogP contribution is -2.46. The molecule has 1 aliphatic carbocycles. The number of aromatic nitrogens is 3. The van der Waals surface area contributed by atoms with Gasteiger partial charge in [0.05, 0.1) is 37.1 Å². The van der Waals surface area contributed by atoms with Gasteiger partial charge in [0, 0.05) is 6.61 Å². The number of rotatable bonds is 28. The van der Waals surface area contributed by atoms with E-state index in [0.717, 1.165) is 25.3 Å². The lowest BCUT2D eigenvalue weighted by molar-refractivity contribution is -0.125. The number of nitrogen functional groups attached to an aromatic ring is 1. The molecular weight excluding hydrogens is 773 g/mol. The van der Waals surface area contributed by atoms with Crippen molar-refractivity contribution in [3.63, 3.8) is 0 Å². The van der Waals surface area contributed by atoms with Crippen molar-refractivity contribution >= 4 is 29.9 Å². The number of nitrogens with zero attached hydrogens (tertiary/aromatic N) is 4. The molecule has 2 aliphatic rings. The molecule has 3 heterocycles. The molecular formula is C41H61FN5O8PS. The number of nitrogens with two attached hydrogens (primary N) is 1. The van der Waals surface area contributed by atoms with E-state index in [1.807, 2.05) is 6.07 Å². The third-order valence-corrected chi connectivity index (χ3v) is 12.6. The molecule has 2 fully saturated rings. The van der Waals surface area contributed by atoms with Gasteiger partial charge in [-0.15, -0.1) is 0 Å². The second-order valence-corrected chi connectivity index (χ2v) is 18.4. The van der Waals surface area contributed by atoms with Crippen LogP contribution < -0.4 is 5.73 Å². The fourth-order valence-electron chi connectivity index (χ4n) is 7.71. The predicted molar refractivity (Wildman–Crippen MR) is 218 cm³/mol. The summed E-state index contributed by atoms with van der Waals surface area (Å²) in [6.45, 7) is 0.188. The van der Waals surface area contributed by atoms with Crippen molar-refractivity contribution in [2.24, 2.45) is 0 Å². The Morgan fingerprint density at radius 3 is 2.23 bits per heavy atom. The smallest absolute Gasteiger partial charge is 0.325 e. The maximum atomic E-state index is 14.1. The molecule has 2 aromatic heterocycles. The zero-order valence-electron chi connectivity index (χ0n) is 33.4. The fraction of sp³-hybridized carbons (Fsp3) is 0.683. The molecule has 0 bridgehead atoms. The first-order chi connectivity index (χ1) is 27.4. The molecule has 0 spiro atoms. The van der Waals surface area contributed by atoms with Crippen LogP contribution in [0, 0.1) is 17.1 Å². The summed E-state index contributed by atoms with van der Waals surface area (Å²) in [5.74, 6) is -0.318. The van der Waals surface area contributed by atoms with Gasteiger partial charge in [0.1, 0.15) is 47.7 Å². The van der Waals surface area contributed by atoms with Crippen LogP contribution in [0.25, 0.3) is 5.52 Å². The van der Waals surface area contributed by atoms with Crippen molar-refractivity contribution in [1.82, 2.24) is 14.6 Å². The van der Waals surface area contributed by atoms with Gasteiger partial charge in [0.2, 0.25) is 0 Å². The van der Waals surface area contributed by atoms with Gasteiger partial charge >= 0.3 is 6.72 Å². The van der Waals surface area contributed by atoms with Crippen LogP contribution in [-0.2, 0) is 47.3 Å². The van der Waals surface area contributed by atoms with E-state index in [0.29, 0.717) is 23.4 Å². The van der Waals surface area contributed by atoms with Crippen molar-refractivity contribution < 1.29 is 42.8 Å². The van der Waals surface area contributed by atoms with Crippen molar-refractivity contribution in [2.75, 3.05) is 25.6 Å². The van der Waals surface area contributed by atoms with E-state index < -0.39 is 48.2 Å². The molecule has 1 aromatic carbocycles. The maximum absolute atomic E-state index is 14.1. The second-order valence-electron chi connectivity index (χ2n) is 15.7. The van der Waals surface area contributed by atoms with Crippen LogP contribution in [0.5, 0.6) is 0 Å². The first kappa shape index (κ1) is 45.5. The van der Waals surface area contributed by atoms with E-state index in [-0.39, 0.29) is 31.2 Å². The highest BCUT2D eigenvalue weighted by Crippen LogP contribution is 2.63. The molecule has 13 nitrogen and oxygen atoms in total. The number of ether oxygens (including phenoxy) is 3. The van der Waals surface area contributed by atoms with E-state index in [2.05, 4.69) is 17.0 Å². The van der Waals surface area contributed by atoms with Gasteiger partial charge in [-0.2, -0.15) is 10.4 Å². The Bertz CT molecular complexity index is 1820. The summed E-state index contributed by atoms with van der Waals surface area (Å²) in [6, 6.07) is 9.25. The first-order valence-corrected chi connectivity index (χ1v) is 23.2. The van der Waals surface area contributed by atoms with Crippen LogP contribution in [0.3, 0.4) is 0 Å². The largest absolute Gasteiger partial charge is 0.386 e. The Morgan fingerprint density at radius 1 is 1.00 bits per heavy atom. The minimum atomic E-state index is -4.00. The number of hydrogen-bond donors (Lipinski definition) is 4. The predicted octanol–water partition coefficient (Wildman–Crippen LogP) is 7.52. The standard InChI is InChI=1S/C41H61FN5O8PS/c1-3-4-5-6-7-8-9-10-11-12-13-14-15-16-17-18-21-51-27-33(52-26-31-22-30(25-43)23-32(42)24-31)28-53-56(50,57)55-37-36-41(37,49)39(48)40(2,54-36)35-20-19-34-38(44)45-29-46-47(34)35/h19-20,22-24,29,33,36-37,39,48-49H,3-18,21,26-28H2,1-2H3,(H,50,57)(H2,44,45,46)/t33-,36-,37?,39+,40+,41+,56?/m1/s1. The van der Waals surface area contributed by atoms with Gasteiger partial charge in [0.15, 0.2) is 11.4 Å². The zero-order valence-corrected chi connectivity index (χ0v) is 35.1. The summed E-state index contributed by atoms with van der Waals surface area (Å²) >= 11 is 5.30. The summed E-state index contributed by atoms with van der Waals surface area (Å²) in [7, 11) is 0. The van der Waals surface area contributed by atoms with Crippen molar-refractivity contribution in [2.45, 2.75) is 159 Å². The lowest BCUT2D eigenvalue weighted by Gasteiger charge is -2.32. The van der Waals surface area contributed by atoms with E-state index >= 15 is 0 Å². The van der Waals surface area contributed by atoms with E-state index in [1.165, 1.54) is 106 Å². The molecule has 5 N–H and O–H groups in total. The number of fused-ring (bicyclic) bond motifs is 2. The molecule has 316 valence electrons. The molecule has 0 amide bonds. The minimum Gasteiger partial charge on any atom is -0.386 e. The maximum Gasteiger partial charge on any atom is 0.325 e. The van der Waals surface area contributed by atoms with Crippen LogP contribution in [0.4, 0.5) is 10.2 Å². The number of halogens is 1. The summed E-state index contributed by atoms with van der Waals surface area (Å²) in [5, 5.41) is 36.3. The number of nitriles is 1. The number of aliphatic hydroxyl groups excluding tert-OH is 1. The molecule has 57 heavy (non-hydrogen) atoms. The Hall–Kier alpha value is -2.61. The van der Waals surface area contributed by atoms with Gasteiger partial charge in [-0.25, -0.2) is 13.9 Å². The SMILES string of the molecule is CCCCCCCCCCCCCCCCCCOC[C@H](COP(O)(=S)OC1[C@H]2O[C@@](C)(c3ccc4c(N)ncnn34)[C@H](O)[C@@]12O)OCc1cc(F)cc(C#N)c1. The van der Waals surface area contributed by atoms with Crippen LogP contribution in [0.2, 0.25) is 0 Å². The summed E-state index contributed by atoms with van der Waals surface area (Å²) in [5.41, 5.74) is 4.26. The molecule has 3 aromatic rings. The zero-order chi connectivity index (χ0) is 40.9. The Balaban J connectivity index is 1.03. The Morgan fingerprint density at radius 2 is 1.63 bits per heavy atom. The van der Waals surface area contributed by atoms with Gasteiger partial charge in [-0.3, -0.25) is 4.52 Å². The van der Waals surface area contributed by atoms with E-state index in [4.69, 9.17) is 40.8 Å². The van der Waals surface area contributed by atoms with Gasteiger partial charge in [-0.05, 0) is 61.0 Å². The molecule has 1 saturated carbocycles. The van der Waals surface area contributed by atoms with Crippen molar-refractivity contribution in [3.8, 4) is 6.07 Å². The van der Waals surface area contributed by atoms with Crippen LogP contribution in [0.1, 0.15) is 133 Å². The third-order valence-electron chi connectivity index (χ3n) is 11.1. The number of unbranched alkanes of at least 4 members (excludes halogenated alkanes) is 15. The van der Waals surface area contributed by atoms with Crippen molar-refractivity contribution in [3.05, 3.63) is 59.3 Å². The Labute approximate surface area is 341 Å². The second kappa shape index (κ2) is 21.6. The van der Waals surface area contributed by atoms with E-state index in [9.17, 15) is 24.8 Å². The average molecular weight is 834 g/mol.